The van der Waals surface area contributed by atoms with Crippen LogP contribution in [-0.4, -0.2) is 43.8 Å². The number of nitrogens with zero attached hydrogens (tertiary/aromatic N) is 2. The molecule has 0 aromatic heterocycles. The number of amides is 2. The lowest BCUT2D eigenvalue weighted by atomic mass is 10.1. The predicted octanol–water partition coefficient (Wildman–Crippen LogP) is 4.76. The summed E-state index contributed by atoms with van der Waals surface area (Å²) < 4.78 is 56.5. The van der Waals surface area contributed by atoms with Crippen molar-refractivity contribution in [1.29, 1.82) is 0 Å². The molecule has 0 aliphatic carbocycles. The van der Waals surface area contributed by atoms with E-state index in [1.54, 1.807) is 26.0 Å². The smallest absolute Gasteiger partial charge is 0.264 e. The molecule has 1 N–H and O–H groups in total. The van der Waals surface area contributed by atoms with E-state index in [1.807, 2.05) is 0 Å². The SMILES string of the molecule is CC(C)NC(=O)[C@H](C)N(Cc1ccccc1F)C(=O)CN(c1ccc(F)c(Cl)c1)S(=O)(=O)c1ccccc1. The van der Waals surface area contributed by atoms with Gasteiger partial charge in [0.1, 0.15) is 24.2 Å². The van der Waals surface area contributed by atoms with Gasteiger partial charge in [-0.3, -0.25) is 13.9 Å². The summed E-state index contributed by atoms with van der Waals surface area (Å²) in [6.45, 7) is 3.93. The summed E-state index contributed by atoms with van der Waals surface area (Å²) in [6.07, 6.45) is 0. The third-order valence-electron chi connectivity index (χ3n) is 5.70. The number of rotatable bonds is 10. The van der Waals surface area contributed by atoms with Crippen LogP contribution in [0.3, 0.4) is 0 Å². The molecule has 3 aromatic carbocycles. The normalized spacial score (nSPS) is 12.2. The first kappa shape index (κ1) is 29.1. The van der Waals surface area contributed by atoms with Crippen LogP contribution in [0.15, 0.2) is 77.7 Å². The van der Waals surface area contributed by atoms with Crippen LogP contribution in [0.25, 0.3) is 0 Å². The summed E-state index contributed by atoms with van der Waals surface area (Å²) in [5, 5.41) is 2.38. The highest BCUT2D eigenvalue weighted by Gasteiger charge is 2.33. The van der Waals surface area contributed by atoms with Crippen molar-refractivity contribution < 1.29 is 26.8 Å². The first-order valence-electron chi connectivity index (χ1n) is 11.8. The number of carbonyl (C=O) groups is 2. The van der Waals surface area contributed by atoms with Gasteiger partial charge in [-0.2, -0.15) is 0 Å². The second kappa shape index (κ2) is 12.4. The van der Waals surface area contributed by atoms with E-state index in [0.29, 0.717) is 0 Å². The zero-order valence-electron chi connectivity index (χ0n) is 21.1. The Morgan fingerprint density at radius 3 is 2.16 bits per heavy atom. The van der Waals surface area contributed by atoms with Gasteiger partial charge in [0.2, 0.25) is 11.8 Å². The Morgan fingerprint density at radius 1 is 0.921 bits per heavy atom. The van der Waals surface area contributed by atoms with Crippen molar-refractivity contribution in [2.75, 3.05) is 10.8 Å². The molecule has 0 bridgehead atoms. The first-order chi connectivity index (χ1) is 17.9. The highest BCUT2D eigenvalue weighted by Crippen LogP contribution is 2.28. The summed E-state index contributed by atoms with van der Waals surface area (Å²) in [6, 6.07) is 15.1. The van der Waals surface area contributed by atoms with Crippen molar-refractivity contribution in [3.63, 3.8) is 0 Å². The van der Waals surface area contributed by atoms with Crippen LogP contribution in [0.5, 0.6) is 0 Å². The molecule has 0 spiro atoms. The second-order valence-corrected chi connectivity index (χ2v) is 11.1. The molecule has 38 heavy (non-hydrogen) atoms. The Labute approximate surface area is 226 Å². The highest BCUT2D eigenvalue weighted by molar-refractivity contribution is 7.92. The van der Waals surface area contributed by atoms with Crippen molar-refractivity contribution >= 4 is 39.1 Å². The molecular formula is C27H28ClF2N3O4S. The van der Waals surface area contributed by atoms with Gasteiger partial charge in [0.15, 0.2) is 0 Å². The summed E-state index contributed by atoms with van der Waals surface area (Å²) in [5.74, 6) is -2.62. The fourth-order valence-corrected chi connectivity index (χ4v) is 5.29. The molecule has 0 fully saturated rings. The Bertz CT molecular complexity index is 1400. The van der Waals surface area contributed by atoms with Gasteiger partial charge in [-0.25, -0.2) is 17.2 Å². The average Bonchev–Trinajstić information content (AvgIpc) is 2.88. The monoisotopic (exact) mass is 563 g/mol. The van der Waals surface area contributed by atoms with Crippen LogP contribution in [0, 0.1) is 11.6 Å². The number of sulfonamides is 1. The van der Waals surface area contributed by atoms with Crippen LogP contribution in [-0.2, 0) is 26.2 Å². The Hall–Kier alpha value is -3.50. The molecule has 0 heterocycles. The minimum Gasteiger partial charge on any atom is -0.352 e. The molecule has 3 aromatic rings. The number of hydrogen-bond acceptors (Lipinski definition) is 4. The van der Waals surface area contributed by atoms with Gasteiger partial charge < -0.3 is 10.2 Å². The van der Waals surface area contributed by atoms with Gasteiger partial charge in [-0.1, -0.05) is 48.0 Å². The second-order valence-electron chi connectivity index (χ2n) is 8.88. The van der Waals surface area contributed by atoms with Gasteiger partial charge in [-0.15, -0.1) is 0 Å². The van der Waals surface area contributed by atoms with E-state index >= 15 is 0 Å². The molecule has 7 nitrogen and oxygen atoms in total. The van der Waals surface area contributed by atoms with Crippen molar-refractivity contribution in [3.05, 3.63) is 95.0 Å². The molecule has 0 saturated heterocycles. The van der Waals surface area contributed by atoms with E-state index in [1.165, 1.54) is 55.5 Å². The maximum absolute atomic E-state index is 14.5. The van der Waals surface area contributed by atoms with Crippen LogP contribution in [0.4, 0.5) is 14.5 Å². The molecule has 3 rings (SSSR count). The van der Waals surface area contributed by atoms with Crippen LogP contribution in [0.1, 0.15) is 26.3 Å². The highest BCUT2D eigenvalue weighted by atomic mass is 35.5. The minimum absolute atomic E-state index is 0.0567. The van der Waals surface area contributed by atoms with Crippen LogP contribution in [0.2, 0.25) is 5.02 Å². The van der Waals surface area contributed by atoms with Crippen LogP contribution < -0.4 is 9.62 Å². The molecule has 2 amide bonds. The summed E-state index contributed by atoms with van der Waals surface area (Å²) >= 11 is 5.93. The largest absolute Gasteiger partial charge is 0.352 e. The standard InChI is InChI=1S/C27H28ClF2N3O4S/c1-18(2)31-27(35)19(3)32(16-20-9-7-8-12-24(20)29)26(34)17-33(21-13-14-25(30)23(28)15-21)38(36,37)22-10-5-4-6-11-22/h4-15,18-19H,16-17H2,1-3H3,(H,31,35)/t19-/m0/s1. The number of benzene rings is 3. The van der Waals surface area contributed by atoms with E-state index in [9.17, 15) is 26.8 Å². The fourth-order valence-electron chi connectivity index (χ4n) is 3.69. The third-order valence-corrected chi connectivity index (χ3v) is 7.78. The van der Waals surface area contributed by atoms with E-state index in [4.69, 9.17) is 11.6 Å². The number of anilines is 1. The van der Waals surface area contributed by atoms with Crippen LogP contribution >= 0.6 is 11.6 Å². The molecule has 1 atom stereocenters. The Kier molecular flexibility index (Phi) is 9.45. The van der Waals surface area contributed by atoms with Gasteiger partial charge >= 0.3 is 0 Å². The zero-order chi connectivity index (χ0) is 28.0. The van der Waals surface area contributed by atoms with Crippen molar-refractivity contribution in [2.45, 2.75) is 44.3 Å². The van der Waals surface area contributed by atoms with E-state index in [-0.39, 0.29) is 33.8 Å². The Morgan fingerprint density at radius 2 is 1.55 bits per heavy atom. The predicted molar refractivity (Wildman–Crippen MR) is 142 cm³/mol. The number of halogens is 3. The number of carbonyl (C=O) groups excluding carboxylic acids is 2. The maximum atomic E-state index is 14.5. The first-order valence-corrected chi connectivity index (χ1v) is 13.6. The Balaban J connectivity index is 2.06. The number of nitrogens with one attached hydrogen (secondary N) is 1. The average molecular weight is 564 g/mol. The molecule has 11 heteroatoms. The zero-order valence-corrected chi connectivity index (χ0v) is 22.6. The molecule has 0 radical (unpaired) electrons. The maximum Gasteiger partial charge on any atom is 0.264 e. The minimum atomic E-state index is -4.33. The summed E-state index contributed by atoms with van der Waals surface area (Å²) in [5.41, 5.74) is 0.0890. The molecule has 0 saturated carbocycles. The van der Waals surface area contributed by atoms with Crippen molar-refractivity contribution in [1.82, 2.24) is 10.2 Å². The lowest BCUT2D eigenvalue weighted by Gasteiger charge is -2.32. The van der Waals surface area contributed by atoms with E-state index < -0.39 is 46.1 Å². The number of hydrogen-bond donors (Lipinski definition) is 1. The quantitative estimate of drug-likeness (QED) is 0.385. The lowest BCUT2D eigenvalue weighted by molar-refractivity contribution is -0.139. The van der Waals surface area contributed by atoms with Crippen molar-refractivity contribution in [3.8, 4) is 0 Å². The lowest BCUT2D eigenvalue weighted by Crippen LogP contribution is -2.52. The van der Waals surface area contributed by atoms with Gasteiger partial charge in [0.05, 0.1) is 15.6 Å². The third kappa shape index (κ3) is 6.87. The summed E-state index contributed by atoms with van der Waals surface area (Å²) in [7, 11) is -4.33. The molecule has 0 aliphatic heterocycles. The van der Waals surface area contributed by atoms with Gasteiger partial charge in [0, 0.05) is 18.2 Å². The van der Waals surface area contributed by atoms with Crippen molar-refractivity contribution in [2.24, 2.45) is 0 Å². The van der Waals surface area contributed by atoms with Gasteiger partial charge in [-0.05, 0) is 57.2 Å². The molecule has 0 unspecified atom stereocenters. The molecule has 202 valence electrons. The van der Waals surface area contributed by atoms with E-state index in [0.717, 1.165) is 21.3 Å². The summed E-state index contributed by atoms with van der Waals surface area (Å²) in [4.78, 5) is 27.5. The van der Waals surface area contributed by atoms with E-state index in [2.05, 4.69) is 5.32 Å². The molecular weight excluding hydrogens is 536 g/mol. The fraction of sp³-hybridized carbons (Fsp3) is 0.259. The topological polar surface area (TPSA) is 86.8 Å². The molecule has 0 aliphatic rings. The van der Waals surface area contributed by atoms with Gasteiger partial charge in [0.25, 0.3) is 10.0 Å².